The standard InChI is InChI=1S/C17H22N4O4/c22-16-18-5-7-21(16)13-2-1-6-20(11-13)17(23)19-12-3-4-14-15(10-12)25-9-8-24-14/h3-4,10,13H,1-2,5-9,11H2,(H,18,22)(H,19,23). The summed E-state index contributed by atoms with van der Waals surface area (Å²) in [5.41, 5.74) is 0.676. The number of fused-ring (bicyclic) bond motifs is 1. The van der Waals surface area contributed by atoms with Gasteiger partial charge in [-0.05, 0) is 25.0 Å². The molecule has 1 unspecified atom stereocenters. The predicted octanol–water partition coefficient (Wildman–Crippen LogP) is 1.48. The molecule has 4 amide bonds. The molecule has 4 rings (SSSR count). The number of amides is 4. The van der Waals surface area contributed by atoms with Crippen LogP contribution in [0.4, 0.5) is 15.3 Å². The third-order valence-corrected chi connectivity index (χ3v) is 4.81. The molecule has 2 fully saturated rings. The molecule has 3 heterocycles. The Hall–Kier alpha value is -2.64. The molecule has 0 radical (unpaired) electrons. The molecule has 1 atom stereocenters. The van der Waals surface area contributed by atoms with Gasteiger partial charge in [-0.2, -0.15) is 0 Å². The third kappa shape index (κ3) is 3.29. The van der Waals surface area contributed by atoms with Crippen molar-refractivity contribution in [3.63, 3.8) is 0 Å². The first-order valence-corrected chi connectivity index (χ1v) is 8.71. The van der Waals surface area contributed by atoms with Crippen LogP contribution in [0.2, 0.25) is 0 Å². The maximum absolute atomic E-state index is 12.6. The molecule has 1 aromatic rings. The van der Waals surface area contributed by atoms with Gasteiger partial charge in [-0.3, -0.25) is 0 Å². The van der Waals surface area contributed by atoms with Crippen LogP contribution in [0.1, 0.15) is 12.8 Å². The molecule has 0 aromatic heterocycles. The Balaban J connectivity index is 1.39. The largest absolute Gasteiger partial charge is 0.486 e. The maximum atomic E-state index is 12.6. The summed E-state index contributed by atoms with van der Waals surface area (Å²) in [6.07, 6.45) is 1.82. The van der Waals surface area contributed by atoms with E-state index in [0.29, 0.717) is 56.6 Å². The maximum Gasteiger partial charge on any atom is 0.321 e. The topological polar surface area (TPSA) is 83.1 Å². The molecule has 3 aliphatic rings. The highest BCUT2D eigenvalue weighted by atomic mass is 16.6. The van der Waals surface area contributed by atoms with E-state index in [1.807, 2.05) is 4.90 Å². The Bertz CT molecular complexity index is 681. The van der Waals surface area contributed by atoms with Crippen LogP contribution in [-0.2, 0) is 0 Å². The number of anilines is 1. The first kappa shape index (κ1) is 15.9. The average molecular weight is 346 g/mol. The Morgan fingerprint density at radius 2 is 2.04 bits per heavy atom. The quantitative estimate of drug-likeness (QED) is 0.850. The summed E-state index contributed by atoms with van der Waals surface area (Å²) in [6.45, 7) is 3.69. The van der Waals surface area contributed by atoms with E-state index in [4.69, 9.17) is 9.47 Å². The van der Waals surface area contributed by atoms with Gasteiger partial charge in [-0.15, -0.1) is 0 Å². The van der Waals surface area contributed by atoms with Gasteiger partial charge in [-0.25, -0.2) is 9.59 Å². The lowest BCUT2D eigenvalue weighted by Gasteiger charge is -2.37. The number of rotatable bonds is 2. The van der Waals surface area contributed by atoms with Gasteiger partial charge in [0.15, 0.2) is 11.5 Å². The van der Waals surface area contributed by atoms with Gasteiger partial charge in [0.05, 0.1) is 6.04 Å². The summed E-state index contributed by atoms with van der Waals surface area (Å²) in [4.78, 5) is 28.1. The van der Waals surface area contributed by atoms with Gasteiger partial charge in [0.2, 0.25) is 0 Å². The highest BCUT2D eigenvalue weighted by Crippen LogP contribution is 2.32. The molecule has 0 aliphatic carbocycles. The molecule has 1 aromatic carbocycles. The van der Waals surface area contributed by atoms with Gasteiger partial charge < -0.3 is 29.9 Å². The van der Waals surface area contributed by atoms with Crippen molar-refractivity contribution in [1.82, 2.24) is 15.1 Å². The van der Waals surface area contributed by atoms with E-state index >= 15 is 0 Å². The molecule has 2 saturated heterocycles. The van der Waals surface area contributed by atoms with E-state index in [-0.39, 0.29) is 18.1 Å². The second-order valence-corrected chi connectivity index (χ2v) is 6.46. The molecule has 25 heavy (non-hydrogen) atoms. The van der Waals surface area contributed by atoms with E-state index in [9.17, 15) is 9.59 Å². The third-order valence-electron chi connectivity index (χ3n) is 4.81. The lowest BCUT2D eigenvalue weighted by molar-refractivity contribution is 0.139. The Morgan fingerprint density at radius 3 is 2.84 bits per heavy atom. The Kier molecular flexibility index (Phi) is 4.25. The van der Waals surface area contributed by atoms with E-state index in [1.165, 1.54) is 0 Å². The minimum absolute atomic E-state index is 0.0286. The molecule has 134 valence electrons. The molecule has 0 bridgehead atoms. The normalized spacial score (nSPS) is 22.6. The van der Waals surface area contributed by atoms with Crippen molar-refractivity contribution in [2.45, 2.75) is 18.9 Å². The van der Waals surface area contributed by atoms with Crippen molar-refractivity contribution in [2.24, 2.45) is 0 Å². The van der Waals surface area contributed by atoms with Crippen LogP contribution < -0.4 is 20.1 Å². The monoisotopic (exact) mass is 346 g/mol. The highest BCUT2D eigenvalue weighted by Gasteiger charge is 2.32. The predicted molar refractivity (Wildman–Crippen MR) is 91.2 cm³/mol. The lowest BCUT2D eigenvalue weighted by atomic mass is 10.0. The van der Waals surface area contributed by atoms with Crippen molar-refractivity contribution < 1.29 is 19.1 Å². The number of benzene rings is 1. The minimum Gasteiger partial charge on any atom is -0.486 e. The number of nitrogens with zero attached hydrogens (tertiary/aromatic N) is 2. The molecule has 8 nitrogen and oxygen atoms in total. The van der Waals surface area contributed by atoms with Crippen LogP contribution in [0.5, 0.6) is 11.5 Å². The zero-order valence-electron chi connectivity index (χ0n) is 14.0. The number of urea groups is 2. The SMILES string of the molecule is O=C(Nc1ccc2c(c1)OCCO2)N1CCCC(N2CCNC2=O)C1. The van der Waals surface area contributed by atoms with Crippen molar-refractivity contribution in [2.75, 3.05) is 44.7 Å². The number of piperidine rings is 1. The summed E-state index contributed by atoms with van der Waals surface area (Å²) in [6, 6.07) is 5.29. The van der Waals surface area contributed by atoms with Gasteiger partial charge in [0.1, 0.15) is 13.2 Å². The van der Waals surface area contributed by atoms with Gasteiger partial charge in [-0.1, -0.05) is 0 Å². The lowest BCUT2D eigenvalue weighted by Crippen LogP contribution is -2.51. The summed E-state index contributed by atoms with van der Waals surface area (Å²) in [5, 5.41) is 5.74. The summed E-state index contributed by atoms with van der Waals surface area (Å²) in [5.74, 6) is 1.34. The zero-order chi connectivity index (χ0) is 17.2. The first-order valence-electron chi connectivity index (χ1n) is 8.71. The molecular formula is C17H22N4O4. The smallest absolute Gasteiger partial charge is 0.321 e. The Morgan fingerprint density at radius 1 is 1.20 bits per heavy atom. The van der Waals surface area contributed by atoms with Crippen LogP contribution >= 0.6 is 0 Å². The molecule has 0 spiro atoms. The van der Waals surface area contributed by atoms with Crippen LogP contribution in [-0.4, -0.2) is 67.3 Å². The second-order valence-electron chi connectivity index (χ2n) is 6.46. The van der Waals surface area contributed by atoms with Gasteiger partial charge in [0, 0.05) is 37.9 Å². The van der Waals surface area contributed by atoms with Crippen LogP contribution in [0.25, 0.3) is 0 Å². The number of hydrogen-bond acceptors (Lipinski definition) is 4. The number of carbonyl (C=O) groups excluding carboxylic acids is 2. The van der Waals surface area contributed by atoms with Crippen LogP contribution in [0.3, 0.4) is 0 Å². The number of hydrogen-bond donors (Lipinski definition) is 2. The molecule has 2 N–H and O–H groups in total. The fraction of sp³-hybridized carbons (Fsp3) is 0.529. The van der Waals surface area contributed by atoms with Crippen LogP contribution in [0.15, 0.2) is 18.2 Å². The van der Waals surface area contributed by atoms with Gasteiger partial charge >= 0.3 is 12.1 Å². The number of nitrogens with one attached hydrogen (secondary N) is 2. The fourth-order valence-electron chi connectivity index (χ4n) is 3.55. The molecular weight excluding hydrogens is 324 g/mol. The fourth-order valence-corrected chi connectivity index (χ4v) is 3.55. The average Bonchev–Trinajstić information content (AvgIpc) is 3.08. The second kappa shape index (κ2) is 6.70. The molecule has 3 aliphatic heterocycles. The number of carbonyl (C=O) groups is 2. The van der Waals surface area contributed by atoms with E-state index in [2.05, 4.69) is 10.6 Å². The summed E-state index contributed by atoms with van der Waals surface area (Å²) >= 11 is 0. The molecule has 8 heteroatoms. The van der Waals surface area contributed by atoms with Crippen molar-refractivity contribution in [1.29, 1.82) is 0 Å². The van der Waals surface area contributed by atoms with Gasteiger partial charge in [0.25, 0.3) is 0 Å². The van der Waals surface area contributed by atoms with E-state index in [1.54, 1.807) is 23.1 Å². The zero-order valence-corrected chi connectivity index (χ0v) is 14.0. The van der Waals surface area contributed by atoms with Crippen LogP contribution in [0, 0.1) is 0 Å². The van der Waals surface area contributed by atoms with E-state index in [0.717, 1.165) is 12.8 Å². The number of ether oxygens (including phenoxy) is 2. The molecule has 0 saturated carbocycles. The first-order chi connectivity index (χ1) is 12.2. The van der Waals surface area contributed by atoms with Crippen molar-refractivity contribution in [3.05, 3.63) is 18.2 Å². The van der Waals surface area contributed by atoms with Crippen molar-refractivity contribution >= 4 is 17.7 Å². The minimum atomic E-state index is -0.152. The summed E-state index contributed by atoms with van der Waals surface area (Å²) < 4.78 is 11.0. The highest BCUT2D eigenvalue weighted by molar-refractivity contribution is 5.90. The number of likely N-dealkylation sites (tertiary alicyclic amines) is 1. The Labute approximate surface area is 146 Å². The van der Waals surface area contributed by atoms with E-state index < -0.39 is 0 Å². The van der Waals surface area contributed by atoms with Crippen molar-refractivity contribution in [3.8, 4) is 11.5 Å². The summed E-state index contributed by atoms with van der Waals surface area (Å²) in [7, 11) is 0.